The van der Waals surface area contributed by atoms with Crippen LogP contribution in [0, 0.1) is 0 Å². The second-order valence-electron chi connectivity index (χ2n) is 11.8. The van der Waals surface area contributed by atoms with Crippen molar-refractivity contribution < 1.29 is 14.4 Å². The predicted molar refractivity (Wildman–Crippen MR) is 192 cm³/mol. The summed E-state index contributed by atoms with van der Waals surface area (Å²) in [6.45, 7) is 12.1. The number of aromatic nitrogens is 4. The highest BCUT2D eigenvalue weighted by Gasteiger charge is 2.30. The van der Waals surface area contributed by atoms with E-state index in [9.17, 15) is 9.67 Å². The molecule has 0 atom stereocenters. The topological polar surface area (TPSA) is 142 Å². The summed E-state index contributed by atoms with van der Waals surface area (Å²) >= 11 is 3.56. The van der Waals surface area contributed by atoms with Crippen molar-refractivity contribution >= 4 is 81.5 Å². The van der Waals surface area contributed by atoms with Crippen molar-refractivity contribution in [3.05, 3.63) is 47.3 Å². The fraction of sp³-hybridized carbons (Fsp3) is 0.344. The molecule has 14 heteroatoms. The number of aliphatic hydroxyl groups is 1. The highest BCUT2D eigenvalue weighted by molar-refractivity contribution is 9.10. The van der Waals surface area contributed by atoms with Gasteiger partial charge in [-0.2, -0.15) is 10.1 Å². The van der Waals surface area contributed by atoms with Crippen molar-refractivity contribution in [3.8, 4) is 16.9 Å². The molecule has 2 aromatic heterocycles. The molecule has 1 saturated heterocycles. The number of anilines is 5. The number of rotatable bonds is 10. The average Bonchev–Trinajstić information content (AvgIpc) is 3.44. The number of methoxy groups -OCH3 is 1. The number of nitrogens with zero attached hydrogens (tertiary/aromatic N) is 7. The molecule has 1 aliphatic rings. The van der Waals surface area contributed by atoms with Crippen molar-refractivity contribution in [2.45, 2.75) is 32.3 Å². The van der Waals surface area contributed by atoms with E-state index >= 15 is 0 Å². The Hall–Kier alpha value is -4.06. The summed E-state index contributed by atoms with van der Waals surface area (Å²) in [4.78, 5) is 20.1. The average molecular weight is 709 g/mol. The van der Waals surface area contributed by atoms with Gasteiger partial charge < -0.3 is 29.9 Å². The Balaban J connectivity index is 1.54. The van der Waals surface area contributed by atoms with Gasteiger partial charge in [-0.15, -0.1) is 0 Å². The van der Waals surface area contributed by atoms with Gasteiger partial charge in [-0.1, -0.05) is 0 Å². The Morgan fingerprint density at radius 1 is 1.17 bits per heavy atom. The summed E-state index contributed by atoms with van der Waals surface area (Å²) in [5, 5.41) is 22.2. The van der Waals surface area contributed by atoms with Crippen LogP contribution in [0.25, 0.3) is 11.1 Å². The van der Waals surface area contributed by atoms with Crippen molar-refractivity contribution in [3.63, 3.8) is 0 Å². The molecular weight excluding hydrogens is 669 g/mol. The Labute approximate surface area is 277 Å². The molecule has 1 fully saturated rings. The van der Waals surface area contributed by atoms with E-state index in [2.05, 4.69) is 58.2 Å². The second-order valence-corrected chi connectivity index (χ2v) is 15.8. The Morgan fingerprint density at radius 3 is 2.52 bits per heavy atom. The van der Waals surface area contributed by atoms with E-state index in [1.54, 1.807) is 56.6 Å². The Kier molecular flexibility index (Phi) is 9.67. The van der Waals surface area contributed by atoms with Crippen molar-refractivity contribution in [2.24, 2.45) is 17.0 Å². The largest absolute Gasteiger partial charge is 0.494 e. The van der Waals surface area contributed by atoms with Crippen LogP contribution >= 0.6 is 23.1 Å². The van der Waals surface area contributed by atoms with E-state index in [-0.39, 0.29) is 0 Å². The van der Waals surface area contributed by atoms with E-state index in [4.69, 9.17) is 9.72 Å². The molecule has 0 amide bonds. The lowest BCUT2D eigenvalue weighted by Crippen LogP contribution is -2.42. The van der Waals surface area contributed by atoms with Crippen LogP contribution in [0.2, 0.25) is 0 Å². The molecule has 5 rings (SSSR count). The Bertz CT molecular complexity index is 1840. The normalized spacial score (nSPS) is 14.8. The first kappa shape index (κ1) is 33.3. The molecule has 0 unspecified atom stereocenters. The predicted octanol–water partition coefficient (Wildman–Crippen LogP) is 6.79. The smallest absolute Gasteiger partial charge is 0.229 e. The molecule has 3 N–H and O–H groups in total. The van der Waals surface area contributed by atoms with Crippen LogP contribution in [0.1, 0.15) is 26.7 Å². The van der Waals surface area contributed by atoms with E-state index in [0.29, 0.717) is 76.0 Å². The number of aliphatic imine (C=N–C) groups is 2. The maximum absolute atomic E-state index is 13.5. The monoisotopic (exact) mass is 707 g/mol. The lowest BCUT2D eigenvalue weighted by atomic mass is 9.92. The molecular formula is C32H39BrN9O3P. The minimum atomic E-state index is -2.83. The van der Waals surface area contributed by atoms with Gasteiger partial charge in [-0.3, -0.25) is 14.7 Å². The van der Waals surface area contributed by atoms with Crippen LogP contribution < -0.4 is 25.6 Å². The van der Waals surface area contributed by atoms with Crippen molar-refractivity contribution in [1.29, 1.82) is 0 Å². The van der Waals surface area contributed by atoms with Crippen LogP contribution in [0.5, 0.6) is 5.75 Å². The van der Waals surface area contributed by atoms with E-state index in [0.717, 1.165) is 16.8 Å². The van der Waals surface area contributed by atoms with Gasteiger partial charge >= 0.3 is 0 Å². The summed E-state index contributed by atoms with van der Waals surface area (Å²) in [6.07, 6.45) is 8.41. The van der Waals surface area contributed by atoms with Crippen LogP contribution in [0.15, 0.2) is 57.3 Å². The van der Waals surface area contributed by atoms with Crippen molar-refractivity contribution in [1.82, 2.24) is 19.7 Å². The van der Waals surface area contributed by atoms with Gasteiger partial charge in [0, 0.05) is 61.6 Å². The number of halogens is 1. The molecule has 2 aromatic carbocycles. The molecule has 46 heavy (non-hydrogen) atoms. The Morgan fingerprint density at radius 2 is 1.91 bits per heavy atom. The lowest BCUT2D eigenvalue weighted by Gasteiger charge is -2.38. The van der Waals surface area contributed by atoms with Gasteiger partial charge in [0.05, 0.1) is 45.7 Å². The number of benzene rings is 2. The van der Waals surface area contributed by atoms with Crippen LogP contribution in [-0.2, 0) is 11.6 Å². The van der Waals surface area contributed by atoms with Gasteiger partial charge in [0.2, 0.25) is 5.95 Å². The molecule has 0 saturated carbocycles. The first-order valence-electron chi connectivity index (χ1n) is 14.8. The van der Waals surface area contributed by atoms with Gasteiger partial charge in [-0.05, 0) is 80.9 Å². The minimum absolute atomic E-state index is 0.316. The van der Waals surface area contributed by atoms with E-state index < -0.39 is 12.7 Å². The number of hydrogen-bond donors (Lipinski definition) is 3. The number of hydrogen-bond acceptors (Lipinski definition) is 11. The molecule has 3 heterocycles. The summed E-state index contributed by atoms with van der Waals surface area (Å²) in [7, 11) is 0.677. The van der Waals surface area contributed by atoms with E-state index in [1.165, 1.54) is 0 Å². The molecule has 4 aromatic rings. The van der Waals surface area contributed by atoms with Crippen LogP contribution in [0.4, 0.5) is 40.2 Å². The van der Waals surface area contributed by atoms with Crippen LogP contribution in [-0.4, -0.2) is 76.9 Å². The maximum Gasteiger partial charge on any atom is 0.229 e. The molecule has 0 aliphatic carbocycles. The maximum atomic E-state index is 13.5. The first-order chi connectivity index (χ1) is 21.8. The minimum Gasteiger partial charge on any atom is -0.494 e. The zero-order chi connectivity index (χ0) is 33.2. The van der Waals surface area contributed by atoms with E-state index in [1.807, 2.05) is 38.5 Å². The molecule has 0 spiro atoms. The lowest BCUT2D eigenvalue weighted by molar-refractivity contribution is 0.0351. The third kappa shape index (κ3) is 7.16. The van der Waals surface area contributed by atoms with Gasteiger partial charge in [0.25, 0.3) is 0 Å². The summed E-state index contributed by atoms with van der Waals surface area (Å²) in [5.41, 5.74) is 4.51. The summed E-state index contributed by atoms with van der Waals surface area (Å²) in [6, 6.07) is 7.59. The number of nitrogens with one attached hydrogen (secondary N) is 2. The highest BCUT2D eigenvalue weighted by Crippen LogP contribution is 2.46. The number of aryl methyl sites for hydroxylation is 1. The van der Waals surface area contributed by atoms with Gasteiger partial charge in [0.1, 0.15) is 24.4 Å². The molecule has 242 valence electrons. The molecule has 12 nitrogen and oxygen atoms in total. The third-order valence-corrected chi connectivity index (χ3v) is 9.97. The molecule has 0 bridgehead atoms. The fourth-order valence-corrected chi connectivity index (χ4v) is 7.16. The van der Waals surface area contributed by atoms with Gasteiger partial charge in [0.15, 0.2) is 0 Å². The SMILES string of the molecule is C=Nc1ccc(Nc2nc(Nc3cc(-c4cnn(C)c4)c(N4CCC(C)(O)CC4)cc3OC)ncc2Br)c(P(C)(C)=O)c1/N=C\C. The second kappa shape index (κ2) is 13.4. The first-order valence-corrected chi connectivity index (χ1v) is 18.2. The zero-order valence-electron chi connectivity index (χ0n) is 26.9. The number of piperidine rings is 1. The van der Waals surface area contributed by atoms with Gasteiger partial charge in [-0.25, -0.2) is 4.98 Å². The molecule has 1 aliphatic heterocycles. The highest BCUT2D eigenvalue weighted by atomic mass is 79.9. The number of ether oxygens (including phenoxy) is 1. The summed E-state index contributed by atoms with van der Waals surface area (Å²) in [5.74, 6) is 1.38. The summed E-state index contributed by atoms with van der Waals surface area (Å²) < 4.78 is 21.7. The fourth-order valence-electron chi connectivity index (χ4n) is 5.48. The molecule has 0 radical (unpaired) electrons. The van der Waals surface area contributed by atoms with Crippen LogP contribution in [0.3, 0.4) is 0 Å². The standard InChI is InChI=1S/C32H39BrN9O3P/c1-8-35-28-23(34-3)9-10-24(29(28)46(6,7)44)38-30-22(33)18-36-31(40-30)39-25-15-21(20-17-37-41(4)19-20)26(16-27(25)45-5)42-13-11-32(2,43)12-14-42/h8-10,15-19,43H,3,11-14H2,1-2,4-7H3,(H2,36,38,39,40)/b35-8-. The quantitative estimate of drug-likeness (QED) is 0.120. The zero-order valence-corrected chi connectivity index (χ0v) is 29.4. The third-order valence-electron chi connectivity index (χ3n) is 7.86. The van der Waals surface area contributed by atoms with Crippen molar-refractivity contribution in [2.75, 3.05) is 49.1 Å².